The quantitative estimate of drug-likeness (QED) is 0.623. The van der Waals surface area contributed by atoms with Crippen molar-refractivity contribution >= 4 is 5.96 Å². The molecule has 3 rings (SSSR count). The summed E-state index contributed by atoms with van der Waals surface area (Å²) >= 11 is 0. The van der Waals surface area contributed by atoms with E-state index in [0.29, 0.717) is 12.0 Å². The molecule has 1 heterocycles. The molecule has 1 unspecified atom stereocenters. The SMILES string of the molecule is CN=C(NCC1CC1)NCC(C(C)C)N1CCc2ccccc2C1. The fraction of sp³-hybridized carbons (Fsp3) is 0.650. The molecule has 0 radical (unpaired) electrons. The van der Waals surface area contributed by atoms with Crippen molar-refractivity contribution in [3.8, 4) is 0 Å². The molecular formula is C20H32N4. The van der Waals surface area contributed by atoms with Crippen LogP contribution in [0.15, 0.2) is 29.3 Å². The molecule has 132 valence electrons. The number of hydrogen-bond acceptors (Lipinski definition) is 2. The van der Waals surface area contributed by atoms with Gasteiger partial charge in [0.05, 0.1) is 0 Å². The molecule has 1 aromatic rings. The van der Waals surface area contributed by atoms with E-state index in [-0.39, 0.29) is 0 Å². The van der Waals surface area contributed by atoms with Crippen molar-refractivity contribution in [1.29, 1.82) is 0 Å². The molecule has 24 heavy (non-hydrogen) atoms. The van der Waals surface area contributed by atoms with Crippen LogP contribution < -0.4 is 10.6 Å². The van der Waals surface area contributed by atoms with Crippen molar-refractivity contribution in [1.82, 2.24) is 15.5 Å². The molecule has 1 fully saturated rings. The largest absolute Gasteiger partial charge is 0.356 e. The molecule has 1 aromatic carbocycles. The summed E-state index contributed by atoms with van der Waals surface area (Å²) in [6.45, 7) is 8.87. The second-order valence-electron chi connectivity index (χ2n) is 7.58. The summed E-state index contributed by atoms with van der Waals surface area (Å²) in [6.07, 6.45) is 3.89. The molecule has 0 saturated heterocycles. The minimum Gasteiger partial charge on any atom is -0.356 e. The van der Waals surface area contributed by atoms with Gasteiger partial charge in [-0.1, -0.05) is 38.1 Å². The molecule has 1 atom stereocenters. The van der Waals surface area contributed by atoms with E-state index in [1.807, 2.05) is 7.05 Å². The summed E-state index contributed by atoms with van der Waals surface area (Å²) in [4.78, 5) is 7.01. The van der Waals surface area contributed by atoms with Crippen LogP contribution in [0.1, 0.15) is 37.8 Å². The normalized spacial score (nSPS) is 19.9. The summed E-state index contributed by atoms with van der Waals surface area (Å²) in [5, 5.41) is 7.02. The zero-order chi connectivity index (χ0) is 16.9. The predicted octanol–water partition coefficient (Wildman–Crippen LogP) is 2.64. The van der Waals surface area contributed by atoms with E-state index < -0.39 is 0 Å². The van der Waals surface area contributed by atoms with E-state index >= 15 is 0 Å². The molecule has 4 heteroatoms. The van der Waals surface area contributed by atoms with Gasteiger partial charge in [-0.05, 0) is 42.2 Å². The molecule has 0 bridgehead atoms. The zero-order valence-corrected chi connectivity index (χ0v) is 15.4. The number of fused-ring (bicyclic) bond motifs is 1. The van der Waals surface area contributed by atoms with E-state index in [0.717, 1.165) is 44.5 Å². The Bertz CT molecular complexity index is 563. The molecule has 0 aromatic heterocycles. The number of nitrogens with one attached hydrogen (secondary N) is 2. The lowest BCUT2D eigenvalue weighted by molar-refractivity contribution is 0.140. The van der Waals surface area contributed by atoms with Crippen LogP contribution >= 0.6 is 0 Å². The third-order valence-corrected chi connectivity index (χ3v) is 5.36. The average Bonchev–Trinajstić information content (AvgIpc) is 3.41. The highest BCUT2D eigenvalue weighted by atomic mass is 15.2. The average molecular weight is 329 g/mol. The summed E-state index contributed by atoms with van der Waals surface area (Å²) in [7, 11) is 1.86. The number of nitrogens with zero attached hydrogens (tertiary/aromatic N) is 2. The minimum absolute atomic E-state index is 0.526. The fourth-order valence-corrected chi connectivity index (χ4v) is 3.57. The Labute approximate surface area is 146 Å². The van der Waals surface area contributed by atoms with Crippen LogP contribution in [0, 0.1) is 11.8 Å². The van der Waals surface area contributed by atoms with Crippen molar-refractivity contribution in [3.05, 3.63) is 35.4 Å². The Morgan fingerprint density at radius 3 is 2.62 bits per heavy atom. The Kier molecular flexibility index (Phi) is 5.77. The lowest BCUT2D eigenvalue weighted by atomic mass is 9.95. The van der Waals surface area contributed by atoms with Gasteiger partial charge in [0.1, 0.15) is 0 Å². The first kappa shape index (κ1) is 17.3. The third-order valence-electron chi connectivity index (χ3n) is 5.36. The van der Waals surface area contributed by atoms with Crippen molar-refractivity contribution in [3.63, 3.8) is 0 Å². The van der Waals surface area contributed by atoms with Crippen LogP contribution in [0.3, 0.4) is 0 Å². The molecular weight excluding hydrogens is 296 g/mol. The third kappa shape index (κ3) is 4.50. The van der Waals surface area contributed by atoms with Crippen LogP contribution in [-0.4, -0.2) is 43.6 Å². The topological polar surface area (TPSA) is 39.7 Å². The first-order valence-electron chi connectivity index (χ1n) is 9.42. The van der Waals surface area contributed by atoms with Crippen molar-refractivity contribution in [2.45, 2.75) is 45.7 Å². The summed E-state index contributed by atoms with van der Waals surface area (Å²) < 4.78 is 0. The van der Waals surface area contributed by atoms with Crippen molar-refractivity contribution < 1.29 is 0 Å². The lowest BCUT2D eigenvalue weighted by Gasteiger charge is -2.38. The number of benzene rings is 1. The smallest absolute Gasteiger partial charge is 0.191 e. The second kappa shape index (κ2) is 8.02. The standard InChI is InChI=1S/C20H32N4/c1-15(2)19(13-23-20(21-3)22-12-16-8-9-16)24-11-10-17-6-4-5-7-18(17)14-24/h4-7,15-16,19H,8-14H2,1-3H3,(H2,21,22,23). The van der Waals surface area contributed by atoms with Gasteiger partial charge in [-0.25, -0.2) is 0 Å². The molecule has 1 aliphatic heterocycles. The second-order valence-corrected chi connectivity index (χ2v) is 7.58. The first-order chi connectivity index (χ1) is 11.7. The maximum absolute atomic E-state index is 4.38. The monoisotopic (exact) mass is 328 g/mol. The van der Waals surface area contributed by atoms with Gasteiger partial charge in [0.2, 0.25) is 0 Å². The summed E-state index contributed by atoms with van der Waals surface area (Å²) in [6, 6.07) is 9.40. The van der Waals surface area contributed by atoms with E-state index in [2.05, 4.69) is 58.6 Å². The van der Waals surface area contributed by atoms with Gasteiger partial charge >= 0.3 is 0 Å². The highest BCUT2D eigenvalue weighted by Crippen LogP contribution is 2.27. The molecule has 2 N–H and O–H groups in total. The number of rotatable bonds is 6. The van der Waals surface area contributed by atoms with Crippen LogP contribution in [0.2, 0.25) is 0 Å². The highest BCUT2D eigenvalue weighted by molar-refractivity contribution is 5.79. The van der Waals surface area contributed by atoms with Crippen molar-refractivity contribution in [2.24, 2.45) is 16.8 Å². The maximum Gasteiger partial charge on any atom is 0.191 e. The van der Waals surface area contributed by atoms with Gasteiger partial charge in [0.15, 0.2) is 5.96 Å². The van der Waals surface area contributed by atoms with Crippen LogP contribution in [0.5, 0.6) is 0 Å². The minimum atomic E-state index is 0.526. The molecule has 2 aliphatic rings. The molecule has 4 nitrogen and oxygen atoms in total. The van der Waals surface area contributed by atoms with Gasteiger partial charge in [0, 0.05) is 39.3 Å². The Morgan fingerprint density at radius 2 is 1.96 bits per heavy atom. The van der Waals surface area contributed by atoms with Crippen LogP contribution in [-0.2, 0) is 13.0 Å². The summed E-state index contributed by atoms with van der Waals surface area (Å²) in [5.41, 5.74) is 3.01. The molecule has 1 aliphatic carbocycles. The van der Waals surface area contributed by atoms with Gasteiger partial charge in [-0.3, -0.25) is 9.89 Å². The highest BCUT2D eigenvalue weighted by Gasteiger charge is 2.26. The maximum atomic E-state index is 4.38. The lowest BCUT2D eigenvalue weighted by Crippen LogP contribution is -2.50. The van der Waals surface area contributed by atoms with Crippen LogP contribution in [0.25, 0.3) is 0 Å². The van der Waals surface area contributed by atoms with Gasteiger partial charge in [0.25, 0.3) is 0 Å². The van der Waals surface area contributed by atoms with Gasteiger partial charge in [-0.2, -0.15) is 0 Å². The summed E-state index contributed by atoms with van der Waals surface area (Å²) in [5.74, 6) is 2.43. The van der Waals surface area contributed by atoms with Crippen molar-refractivity contribution in [2.75, 3.05) is 26.7 Å². The number of hydrogen-bond donors (Lipinski definition) is 2. The van der Waals surface area contributed by atoms with E-state index in [4.69, 9.17) is 0 Å². The van der Waals surface area contributed by atoms with Gasteiger partial charge in [-0.15, -0.1) is 0 Å². The number of aliphatic imine (C=N–C) groups is 1. The van der Waals surface area contributed by atoms with Gasteiger partial charge < -0.3 is 10.6 Å². The molecule has 1 saturated carbocycles. The number of guanidine groups is 1. The Balaban J connectivity index is 1.56. The first-order valence-corrected chi connectivity index (χ1v) is 9.42. The van der Waals surface area contributed by atoms with E-state index in [9.17, 15) is 0 Å². The Hall–Kier alpha value is -1.55. The van der Waals surface area contributed by atoms with E-state index in [1.54, 1.807) is 0 Å². The van der Waals surface area contributed by atoms with Crippen LogP contribution in [0.4, 0.5) is 0 Å². The molecule has 0 amide bonds. The predicted molar refractivity (Wildman–Crippen MR) is 101 cm³/mol. The Morgan fingerprint density at radius 1 is 1.21 bits per heavy atom. The zero-order valence-electron chi connectivity index (χ0n) is 15.4. The van der Waals surface area contributed by atoms with E-state index in [1.165, 1.54) is 24.0 Å². The molecule has 0 spiro atoms. The fourth-order valence-electron chi connectivity index (χ4n) is 3.57.